The predicted molar refractivity (Wildman–Crippen MR) is 66.3 cm³/mol. The molecule has 1 heterocycles. The van der Waals surface area contributed by atoms with Gasteiger partial charge in [0.05, 0.1) is 18.6 Å². The number of aliphatic hydroxyl groups is 1. The number of halogens is 1. The summed E-state index contributed by atoms with van der Waals surface area (Å²) < 4.78 is 4.25. The van der Waals surface area contributed by atoms with Gasteiger partial charge >= 0.3 is 5.97 Å². The minimum absolute atomic E-state index is 0.103. The molecule has 2 N–H and O–H groups in total. The highest BCUT2D eigenvalue weighted by Gasteiger charge is 2.23. The lowest BCUT2D eigenvalue weighted by molar-refractivity contribution is -0.385. The quantitative estimate of drug-likeness (QED) is 0.336. The summed E-state index contributed by atoms with van der Waals surface area (Å²) in [7, 11) is 1.07. The second kappa shape index (κ2) is 6.78. The third-order valence-corrected chi connectivity index (χ3v) is 2.43. The number of amides is 1. The molecule has 1 unspecified atom stereocenters. The number of hydrogen-bond donors (Lipinski definition) is 2. The second-order valence-electron chi connectivity index (χ2n) is 3.53. The molecule has 0 saturated heterocycles. The molecule has 0 aliphatic rings. The van der Waals surface area contributed by atoms with E-state index in [1.807, 2.05) is 0 Å². The Hall–Kier alpha value is -2.26. The van der Waals surface area contributed by atoms with Crippen molar-refractivity contribution in [3.05, 3.63) is 33.1 Å². The monoisotopic (exact) mass is 303 g/mol. The van der Waals surface area contributed by atoms with Crippen LogP contribution in [-0.4, -0.2) is 46.6 Å². The molecule has 108 valence electrons. The number of nitrogens with zero attached hydrogens (tertiary/aromatic N) is 2. The van der Waals surface area contributed by atoms with Crippen molar-refractivity contribution in [2.24, 2.45) is 0 Å². The van der Waals surface area contributed by atoms with E-state index < -0.39 is 35.1 Å². The maximum Gasteiger partial charge on any atom is 0.336 e. The molecule has 20 heavy (non-hydrogen) atoms. The van der Waals surface area contributed by atoms with Crippen molar-refractivity contribution in [3.63, 3.8) is 0 Å². The largest absolute Gasteiger partial charge is 0.467 e. The van der Waals surface area contributed by atoms with Gasteiger partial charge in [-0.15, -0.1) is 0 Å². The fourth-order valence-electron chi connectivity index (χ4n) is 1.25. The number of carbonyl (C=O) groups excluding carboxylic acids is 2. The summed E-state index contributed by atoms with van der Waals surface area (Å²) in [5.74, 6) is -1.81. The van der Waals surface area contributed by atoms with Gasteiger partial charge in [0.15, 0.2) is 6.10 Å². The van der Waals surface area contributed by atoms with Crippen LogP contribution < -0.4 is 5.32 Å². The molecule has 0 saturated carbocycles. The SMILES string of the molecule is COC(=O)C(O)CNC(=O)c1cc(Cl)ncc1[N+](=O)[O-]. The van der Waals surface area contributed by atoms with Crippen LogP contribution in [0.25, 0.3) is 0 Å². The van der Waals surface area contributed by atoms with Crippen molar-refractivity contribution < 1.29 is 24.4 Å². The maximum atomic E-state index is 11.8. The number of aromatic nitrogens is 1. The highest BCUT2D eigenvalue weighted by atomic mass is 35.5. The molecule has 1 amide bonds. The van der Waals surface area contributed by atoms with Crippen LogP contribution in [0.2, 0.25) is 5.15 Å². The number of hydrogen-bond acceptors (Lipinski definition) is 7. The minimum atomic E-state index is -1.57. The summed E-state index contributed by atoms with van der Waals surface area (Å²) in [6.07, 6.45) is -0.728. The van der Waals surface area contributed by atoms with Crippen LogP contribution in [-0.2, 0) is 9.53 Å². The van der Waals surface area contributed by atoms with E-state index in [2.05, 4.69) is 15.0 Å². The molecule has 1 rings (SSSR count). The Morgan fingerprint density at radius 1 is 1.65 bits per heavy atom. The average Bonchev–Trinajstić information content (AvgIpc) is 2.42. The second-order valence-corrected chi connectivity index (χ2v) is 3.92. The zero-order valence-electron chi connectivity index (χ0n) is 10.2. The normalized spacial score (nSPS) is 11.6. The van der Waals surface area contributed by atoms with Crippen LogP contribution >= 0.6 is 11.6 Å². The van der Waals surface area contributed by atoms with Gasteiger partial charge in [0.25, 0.3) is 11.6 Å². The summed E-state index contributed by atoms with van der Waals surface area (Å²) in [6, 6.07) is 1.01. The van der Waals surface area contributed by atoms with Gasteiger partial charge in [-0.05, 0) is 6.07 Å². The zero-order valence-corrected chi connectivity index (χ0v) is 11.0. The zero-order chi connectivity index (χ0) is 15.3. The first kappa shape index (κ1) is 15.8. The molecule has 0 aliphatic carbocycles. The molecule has 9 nitrogen and oxygen atoms in total. The smallest absolute Gasteiger partial charge is 0.336 e. The van der Waals surface area contributed by atoms with Crippen molar-refractivity contribution in [1.82, 2.24) is 10.3 Å². The molecule has 0 aliphatic heterocycles. The fraction of sp³-hybridized carbons (Fsp3) is 0.300. The predicted octanol–water partition coefficient (Wildman–Crippen LogP) is -0.0931. The van der Waals surface area contributed by atoms with E-state index in [1.165, 1.54) is 0 Å². The Bertz CT molecular complexity index is 550. The van der Waals surface area contributed by atoms with E-state index in [4.69, 9.17) is 11.6 Å². The molecule has 0 spiro atoms. The third kappa shape index (κ3) is 3.87. The van der Waals surface area contributed by atoms with E-state index in [1.54, 1.807) is 0 Å². The molecule has 10 heteroatoms. The van der Waals surface area contributed by atoms with Crippen molar-refractivity contribution in [3.8, 4) is 0 Å². The number of aliphatic hydroxyl groups excluding tert-OH is 1. The Labute approximate surface area is 117 Å². The van der Waals surface area contributed by atoms with Gasteiger partial charge < -0.3 is 15.2 Å². The Balaban J connectivity index is 2.85. The van der Waals surface area contributed by atoms with Crippen LogP contribution in [0.1, 0.15) is 10.4 Å². The topological polar surface area (TPSA) is 132 Å². The first-order valence-corrected chi connectivity index (χ1v) is 5.58. The number of carbonyl (C=O) groups is 2. The lowest BCUT2D eigenvalue weighted by Crippen LogP contribution is -2.37. The van der Waals surface area contributed by atoms with Crippen molar-refractivity contribution in [2.45, 2.75) is 6.10 Å². The van der Waals surface area contributed by atoms with Crippen LogP contribution in [0, 0.1) is 10.1 Å². The van der Waals surface area contributed by atoms with Gasteiger partial charge in [-0.1, -0.05) is 11.6 Å². The highest BCUT2D eigenvalue weighted by Crippen LogP contribution is 2.20. The van der Waals surface area contributed by atoms with Gasteiger partial charge in [-0.2, -0.15) is 0 Å². The van der Waals surface area contributed by atoms with Crippen molar-refractivity contribution in [1.29, 1.82) is 0 Å². The summed E-state index contributed by atoms with van der Waals surface area (Å²) >= 11 is 5.56. The van der Waals surface area contributed by atoms with Crippen LogP contribution in [0.5, 0.6) is 0 Å². The molecule has 0 bridgehead atoms. The van der Waals surface area contributed by atoms with E-state index in [0.717, 1.165) is 19.4 Å². The lowest BCUT2D eigenvalue weighted by atomic mass is 10.2. The number of methoxy groups -OCH3 is 1. The number of esters is 1. The molecule has 0 radical (unpaired) electrons. The minimum Gasteiger partial charge on any atom is -0.467 e. The van der Waals surface area contributed by atoms with Crippen LogP contribution in [0.15, 0.2) is 12.3 Å². The van der Waals surface area contributed by atoms with E-state index in [-0.39, 0.29) is 10.7 Å². The van der Waals surface area contributed by atoms with E-state index in [0.29, 0.717) is 0 Å². The van der Waals surface area contributed by atoms with Crippen LogP contribution in [0.3, 0.4) is 0 Å². The molecule has 1 aromatic rings. The first-order valence-electron chi connectivity index (χ1n) is 5.20. The molecular formula is C10H10ClN3O6. The average molecular weight is 304 g/mol. The van der Waals surface area contributed by atoms with Gasteiger partial charge in [-0.25, -0.2) is 9.78 Å². The van der Waals surface area contributed by atoms with E-state index in [9.17, 15) is 24.8 Å². The molecule has 0 fully saturated rings. The maximum absolute atomic E-state index is 11.8. The Morgan fingerprint density at radius 2 is 2.30 bits per heavy atom. The molecule has 0 aromatic carbocycles. The van der Waals surface area contributed by atoms with Gasteiger partial charge in [-0.3, -0.25) is 14.9 Å². The standard InChI is InChI=1S/C10H10ClN3O6/c1-20-10(17)7(15)4-13-9(16)5-2-8(11)12-3-6(5)14(18)19/h2-3,7,15H,4H2,1H3,(H,13,16). The molecule has 1 aromatic heterocycles. The number of rotatable bonds is 5. The summed E-state index contributed by atoms with van der Waals surface area (Å²) in [5, 5.41) is 22.1. The summed E-state index contributed by atoms with van der Waals surface area (Å²) in [4.78, 5) is 36.2. The van der Waals surface area contributed by atoms with Crippen molar-refractivity contribution >= 4 is 29.2 Å². The summed E-state index contributed by atoms with van der Waals surface area (Å²) in [6.45, 7) is -0.456. The van der Waals surface area contributed by atoms with E-state index >= 15 is 0 Å². The van der Waals surface area contributed by atoms with Gasteiger partial charge in [0.2, 0.25) is 0 Å². The third-order valence-electron chi connectivity index (χ3n) is 2.22. The first-order chi connectivity index (χ1) is 9.36. The van der Waals surface area contributed by atoms with Crippen LogP contribution in [0.4, 0.5) is 5.69 Å². The number of ether oxygens (including phenoxy) is 1. The van der Waals surface area contributed by atoms with Gasteiger partial charge in [0.1, 0.15) is 16.9 Å². The number of nitro groups is 1. The number of pyridine rings is 1. The van der Waals surface area contributed by atoms with Gasteiger partial charge in [0, 0.05) is 0 Å². The Morgan fingerprint density at radius 3 is 2.85 bits per heavy atom. The number of nitrogens with one attached hydrogen (secondary N) is 1. The summed E-state index contributed by atoms with van der Waals surface area (Å²) in [5.41, 5.74) is -0.869. The lowest BCUT2D eigenvalue weighted by Gasteiger charge is -2.09. The fourth-order valence-corrected chi connectivity index (χ4v) is 1.41. The Kier molecular flexibility index (Phi) is 5.35. The molecular weight excluding hydrogens is 294 g/mol. The van der Waals surface area contributed by atoms with Crippen molar-refractivity contribution in [2.75, 3.05) is 13.7 Å². The highest BCUT2D eigenvalue weighted by molar-refractivity contribution is 6.29. The molecule has 1 atom stereocenters.